The monoisotopic (exact) mass is 167 g/mol. The summed E-state index contributed by atoms with van der Waals surface area (Å²) in [5.74, 6) is 1.01. The molecule has 0 aliphatic rings. The van der Waals surface area contributed by atoms with Gasteiger partial charge in [-0.3, -0.25) is 0 Å². The predicted octanol–water partition coefficient (Wildman–Crippen LogP) is 2.84. The quantitative estimate of drug-likeness (QED) is 0.642. The summed E-state index contributed by atoms with van der Waals surface area (Å²) in [4.78, 5) is 0. The summed E-state index contributed by atoms with van der Waals surface area (Å²) in [7, 11) is 0. The normalized spacial score (nSPS) is 12.1. The van der Waals surface area contributed by atoms with Crippen molar-refractivity contribution in [1.29, 1.82) is 0 Å². The molecule has 0 saturated carbocycles. The van der Waals surface area contributed by atoms with E-state index in [1.165, 1.54) is 5.56 Å². The molecule has 0 atom stereocenters. The van der Waals surface area contributed by atoms with Gasteiger partial charge in [-0.25, -0.2) is 0 Å². The van der Waals surface area contributed by atoms with E-state index < -0.39 is 0 Å². The fourth-order valence-corrected chi connectivity index (χ4v) is 1.40. The van der Waals surface area contributed by atoms with Crippen molar-refractivity contribution in [2.24, 2.45) is 0 Å². The number of nitrogens with zero attached hydrogens (tertiary/aromatic N) is 1. The molecule has 2 nitrogen and oxygen atoms in total. The van der Waals surface area contributed by atoms with Crippen molar-refractivity contribution in [2.45, 2.75) is 46.5 Å². The summed E-state index contributed by atoms with van der Waals surface area (Å²) in [6.45, 7) is 10.6. The molecule has 1 heterocycles. The highest BCUT2D eigenvalue weighted by Crippen LogP contribution is 2.27. The van der Waals surface area contributed by atoms with Crippen LogP contribution >= 0.6 is 0 Å². The van der Waals surface area contributed by atoms with Gasteiger partial charge in [-0.1, -0.05) is 32.9 Å². The van der Waals surface area contributed by atoms with E-state index in [1.807, 2.05) is 0 Å². The van der Waals surface area contributed by atoms with Crippen LogP contribution in [0, 0.1) is 6.92 Å². The highest BCUT2D eigenvalue weighted by Gasteiger charge is 2.23. The van der Waals surface area contributed by atoms with E-state index in [9.17, 15) is 0 Å². The molecule has 0 fully saturated rings. The molecule has 0 unspecified atom stereocenters. The first-order valence-electron chi connectivity index (χ1n) is 4.42. The van der Waals surface area contributed by atoms with E-state index in [2.05, 4.69) is 39.8 Å². The van der Waals surface area contributed by atoms with Crippen molar-refractivity contribution in [3.63, 3.8) is 0 Å². The fraction of sp³-hybridized carbons (Fsp3) is 0.700. The lowest BCUT2D eigenvalue weighted by Gasteiger charge is -2.14. The molecule has 0 N–H and O–H groups in total. The molecular weight excluding hydrogens is 150 g/mol. The van der Waals surface area contributed by atoms with Crippen molar-refractivity contribution < 1.29 is 4.52 Å². The Kier molecular flexibility index (Phi) is 2.27. The molecule has 1 aromatic rings. The number of hydrogen-bond donors (Lipinski definition) is 0. The van der Waals surface area contributed by atoms with E-state index in [0.717, 1.165) is 17.9 Å². The van der Waals surface area contributed by atoms with Crippen molar-refractivity contribution in [3.8, 4) is 0 Å². The van der Waals surface area contributed by atoms with Gasteiger partial charge in [0.25, 0.3) is 0 Å². The zero-order valence-electron chi connectivity index (χ0n) is 8.56. The fourth-order valence-electron chi connectivity index (χ4n) is 1.40. The van der Waals surface area contributed by atoms with E-state index in [0.29, 0.717) is 0 Å². The molecule has 12 heavy (non-hydrogen) atoms. The second-order valence-electron chi connectivity index (χ2n) is 4.19. The van der Waals surface area contributed by atoms with Gasteiger partial charge in [0.05, 0.1) is 5.69 Å². The molecule has 0 aliphatic carbocycles. The van der Waals surface area contributed by atoms with Gasteiger partial charge in [0.2, 0.25) is 0 Å². The Morgan fingerprint density at radius 3 is 2.17 bits per heavy atom. The van der Waals surface area contributed by atoms with Crippen LogP contribution in [-0.2, 0) is 11.8 Å². The van der Waals surface area contributed by atoms with Crippen LogP contribution in [0.1, 0.15) is 44.7 Å². The van der Waals surface area contributed by atoms with Gasteiger partial charge in [0, 0.05) is 11.0 Å². The lowest BCUT2D eigenvalue weighted by atomic mass is 9.90. The average molecular weight is 167 g/mol. The van der Waals surface area contributed by atoms with E-state index in [-0.39, 0.29) is 5.41 Å². The molecule has 0 amide bonds. The third kappa shape index (κ3) is 1.52. The molecular formula is C10H17NO. The predicted molar refractivity (Wildman–Crippen MR) is 49.3 cm³/mol. The molecule has 0 radical (unpaired) electrons. The molecule has 0 aliphatic heterocycles. The first-order valence-corrected chi connectivity index (χ1v) is 4.42. The standard InChI is InChI=1S/C10H17NO/c1-6-8-7(2)9(12-11-8)10(3,4)5/h6H2,1-5H3. The zero-order chi connectivity index (χ0) is 9.35. The van der Waals surface area contributed by atoms with Crippen molar-refractivity contribution in [1.82, 2.24) is 5.16 Å². The van der Waals surface area contributed by atoms with E-state index >= 15 is 0 Å². The van der Waals surface area contributed by atoms with Crippen LogP contribution in [0.3, 0.4) is 0 Å². The minimum atomic E-state index is 0.0739. The first-order chi connectivity index (χ1) is 5.46. The van der Waals surface area contributed by atoms with Crippen LogP contribution in [0.2, 0.25) is 0 Å². The molecule has 1 rings (SSSR count). The smallest absolute Gasteiger partial charge is 0.145 e. The van der Waals surface area contributed by atoms with Crippen LogP contribution in [-0.4, -0.2) is 5.16 Å². The summed E-state index contributed by atoms with van der Waals surface area (Å²) in [5.41, 5.74) is 2.37. The van der Waals surface area contributed by atoms with Gasteiger partial charge < -0.3 is 4.52 Å². The number of aromatic nitrogens is 1. The third-order valence-corrected chi connectivity index (χ3v) is 2.04. The zero-order valence-corrected chi connectivity index (χ0v) is 8.56. The van der Waals surface area contributed by atoms with Crippen LogP contribution < -0.4 is 0 Å². The van der Waals surface area contributed by atoms with E-state index in [4.69, 9.17) is 4.52 Å². The van der Waals surface area contributed by atoms with Gasteiger partial charge in [0.1, 0.15) is 5.76 Å². The molecule has 0 bridgehead atoms. The summed E-state index contributed by atoms with van der Waals surface area (Å²) >= 11 is 0. The maximum Gasteiger partial charge on any atom is 0.145 e. The van der Waals surface area contributed by atoms with Crippen molar-refractivity contribution in [3.05, 3.63) is 17.0 Å². The molecule has 2 heteroatoms. The molecule has 0 spiro atoms. The third-order valence-electron chi connectivity index (χ3n) is 2.04. The highest BCUT2D eigenvalue weighted by molar-refractivity contribution is 5.25. The lowest BCUT2D eigenvalue weighted by Crippen LogP contribution is -2.11. The van der Waals surface area contributed by atoms with Crippen molar-refractivity contribution in [2.75, 3.05) is 0 Å². The van der Waals surface area contributed by atoms with Crippen LogP contribution in [0.5, 0.6) is 0 Å². The van der Waals surface area contributed by atoms with Gasteiger partial charge >= 0.3 is 0 Å². The molecule has 68 valence electrons. The Morgan fingerprint density at radius 1 is 1.33 bits per heavy atom. The van der Waals surface area contributed by atoms with Gasteiger partial charge in [0.15, 0.2) is 0 Å². The summed E-state index contributed by atoms with van der Waals surface area (Å²) in [6.07, 6.45) is 0.950. The average Bonchev–Trinajstić information content (AvgIpc) is 2.29. The number of aryl methyl sites for hydroxylation is 1. The number of rotatable bonds is 1. The second kappa shape index (κ2) is 2.92. The maximum atomic E-state index is 5.30. The second-order valence-corrected chi connectivity index (χ2v) is 4.19. The van der Waals surface area contributed by atoms with Crippen LogP contribution in [0.4, 0.5) is 0 Å². The van der Waals surface area contributed by atoms with Gasteiger partial charge in [-0.2, -0.15) is 0 Å². The minimum Gasteiger partial charge on any atom is -0.360 e. The maximum absolute atomic E-state index is 5.30. The Labute approximate surface area is 74.0 Å². The lowest BCUT2D eigenvalue weighted by molar-refractivity contribution is 0.325. The first kappa shape index (κ1) is 9.30. The van der Waals surface area contributed by atoms with Gasteiger partial charge in [-0.05, 0) is 13.3 Å². The molecule has 1 aromatic heterocycles. The van der Waals surface area contributed by atoms with Crippen molar-refractivity contribution >= 4 is 0 Å². The summed E-state index contributed by atoms with van der Waals surface area (Å²) < 4.78 is 5.30. The largest absolute Gasteiger partial charge is 0.360 e. The summed E-state index contributed by atoms with van der Waals surface area (Å²) in [6, 6.07) is 0. The van der Waals surface area contributed by atoms with Crippen LogP contribution in [0.15, 0.2) is 4.52 Å². The summed E-state index contributed by atoms with van der Waals surface area (Å²) in [5, 5.41) is 4.03. The Balaban J connectivity index is 3.11. The minimum absolute atomic E-state index is 0.0739. The topological polar surface area (TPSA) is 26.0 Å². The van der Waals surface area contributed by atoms with Crippen LogP contribution in [0.25, 0.3) is 0 Å². The SMILES string of the molecule is CCc1noc(C(C)(C)C)c1C. The van der Waals surface area contributed by atoms with Gasteiger partial charge in [-0.15, -0.1) is 0 Å². The van der Waals surface area contributed by atoms with E-state index in [1.54, 1.807) is 0 Å². The highest BCUT2D eigenvalue weighted by atomic mass is 16.5. The number of hydrogen-bond acceptors (Lipinski definition) is 2. The Hall–Kier alpha value is -0.790. The Bertz CT molecular complexity index is 268. The molecule has 0 saturated heterocycles. The Morgan fingerprint density at radius 2 is 1.92 bits per heavy atom. The molecule has 0 aromatic carbocycles.